The van der Waals surface area contributed by atoms with Gasteiger partial charge in [-0.1, -0.05) is 36.4 Å². The number of hydrogen-bond donors (Lipinski definition) is 2. The number of carbonyl (C=O) groups is 1. The molecule has 0 saturated heterocycles. The molecule has 1 atom stereocenters. The zero-order valence-corrected chi connectivity index (χ0v) is 10.7. The van der Waals surface area contributed by atoms with Crippen molar-refractivity contribution in [2.45, 2.75) is 26.6 Å². The number of hydroxylamine groups is 1. The van der Waals surface area contributed by atoms with Crippen LogP contribution < -0.4 is 5.48 Å². The summed E-state index contributed by atoms with van der Waals surface area (Å²) in [6.45, 7) is 7.00. The van der Waals surface area contributed by atoms with Gasteiger partial charge >= 0.3 is 0 Å². The van der Waals surface area contributed by atoms with Crippen molar-refractivity contribution >= 4 is 5.91 Å². The van der Waals surface area contributed by atoms with E-state index in [0.29, 0.717) is 0 Å². The minimum Gasteiger partial charge on any atom is -0.388 e. The largest absolute Gasteiger partial charge is 0.388 e. The minimum atomic E-state index is -0.974. The number of rotatable bonds is 6. The molecule has 0 aliphatic rings. The van der Waals surface area contributed by atoms with Gasteiger partial charge in [-0.15, -0.1) is 6.58 Å². The van der Waals surface area contributed by atoms with E-state index in [1.807, 2.05) is 30.3 Å². The van der Waals surface area contributed by atoms with Gasteiger partial charge in [-0.05, 0) is 19.4 Å². The molecule has 0 fully saturated rings. The molecule has 1 amide bonds. The van der Waals surface area contributed by atoms with Crippen LogP contribution in [-0.2, 0) is 16.2 Å². The zero-order chi connectivity index (χ0) is 13.6. The molecular weight excluding hydrogens is 230 g/mol. The van der Waals surface area contributed by atoms with Crippen molar-refractivity contribution in [3.05, 3.63) is 48.6 Å². The molecule has 0 aliphatic carbocycles. The maximum Gasteiger partial charge on any atom is 0.252 e. The molecule has 18 heavy (non-hydrogen) atoms. The van der Waals surface area contributed by atoms with Crippen molar-refractivity contribution in [3.8, 4) is 0 Å². The SMILES string of the molecule is C=CC(O)C(C)(C)C(=O)NOCc1ccccc1. The van der Waals surface area contributed by atoms with Gasteiger partial charge in [0.25, 0.3) is 5.91 Å². The monoisotopic (exact) mass is 249 g/mol. The van der Waals surface area contributed by atoms with Crippen LogP contribution in [0.25, 0.3) is 0 Å². The van der Waals surface area contributed by atoms with Gasteiger partial charge in [0.05, 0.1) is 18.1 Å². The number of nitrogens with one attached hydrogen (secondary N) is 1. The summed E-state index contributed by atoms with van der Waals surface area (Å²) in [6.07, 6.45) is 0.411. The number of aliphatic hydroxyl groups is 1. The molecule has 0 spiro atoms. The highest BCUT2D eigenvalue weighted by atomic mass is 16.6. The molecule has 0 radical (unpaired) electrons. The molecule has 98 valence electrons. The van der Waals surface area contributed by atoms with Crippen molar-refractivity contribution in [1.82, 2.24) is 5.48 Å². The first kappa shape index (κ1) is 14.4. The molecule has 4 heteroatoms. The lowest BCUT2D eigenvalue weighted by molar-refractivity contribution is -0.147. The number of benzene rings is 1. The third-order valence-corrected chi connectivity index (χ3v) is 2.79. The Morgan fingerprint density at radius 3 is 2.67 bits per heavy atom. The fourth-order valence-electron chi connectivity index (χ4n) is 1.32. The zero-order valence-electron chi connectivity index (χ0n) is 10.7. The number of carbonyl (C=O) groups excluding carboxylic acids is 1. The van der Waals surface area contributed by atoms with Crippen molar-refractivity contribution in [1.29, 1.82) is 0 Å². The average molecular weight is 249 g/mol. The lowest BCUT2D eigenvalue weighted by Crippen LogP contribution is -2.43. The Morgan fingerprint density at radius 2 is 2.11 bits per heavy atom. The van der Waals surface area contributed by atoms with E-state index in [4.69, 9.17) is 4.84 Å². The van der Waals surface area contributed by atoms with Crippen LogP contribution in [0.4, 0.5) is 0 Å². The summed E-state index contributed by atoms with van der Waals surface area (Å²) in [6, 6.07) is 9.50. The maximum absolute atomic E-state index is 11.8. The van der Waals surface area contributed by atoms with Gasteiger partial charge in [-0.2, -0.15) is 0 Å². The van der Waals surface area contributed by atoms with Gasteiger partial charge in [0.15, 0.2) is 0 Å². The quantitative estimate of drug-likeness (QED) is 0.597. The highest BCUT2D eigenvalue weighted by Crippen LogP contribution is 2.21. The van der Waals surface area contributed by atoms with E-state index in [-0.39, 0.29) is 12.5 Å². The highest BCUT2D eigenvalue weighted by molar-refractivity contribution is 5.81. The van der Waals surface area contributed by atoms with E-state index in [1.54, 1.807) is 13.8 Å². The van der Waals surface area contributed by atoms with Crippen LogP contribution in [0.5, 0.6) is 0 Å². The summed E-state index contributed by atoms with van der Waals surface area (Å²) < 4.78 is 0. The first-order valence-electron chi connectivity index (χ1n) is 5.75. The van der Waals surface area contributed by atoms with Gasteiger partial charge in [0.1, 0.15) is 0 Å². The Morgan fingerprint density at radius 1 is 1.50 bits per heavy atom. The van der Waals surface area contributed by atoms with Crippen molar-refractivity contribution < 1.29 is 14.7 Å². The van der Waals surface area contributed by atoms with E-state index in [9.17, 15) is 9.90 Å². The van der Waals surface area contributed by atoms with Gasteiger partial charge in [-0.25, -0.2) is 5.48 Å². The predicted octanol–water partition coefficient (Wildman–Crippen LogP) is 1.81. The molecule has 0 aliphatic heterocycles. The van der Waals surface area contributed by atoms with E-state index in [0.717, 1.165) is 5.56 Å². The third kappa shape index (κ3) is 3.68. The van der Waals surface area contributed by atoms with Crippen molar-refractivity contribution in [3.63, 3.8) is 0 Å². The molecule has 1 rings (SSSR count). The van der Waals surface area contributed by atoms with Gasteiger partial charge < -0.3 is 5.11 Å². The molecule has 0 aromatic heterocycles. The molecule has 1 aromatic rings. The highest BCUT2D eigenvalue weighted by Gasteiger charge is 2.34. The fraction of sp³-hybridized carbons (Fsp3) is 0.357. The summed E-state index contributed by atoms with van der Waals surface area (Å²) in [5, 5.41) is 9.64. The molecule has 0 saturated carbocycles. The van der Waals surface area contributed by atoms with E-state index >= 15 is 0 Å². The second kappa shape index (κ2) is 6.33. The van der Waals surface area contributed by atoms with E-state index in [1.165, 1.54) is 6.08 Å². The van der Waals surface area contributed by atoms with Crippen LogP contribution in [0, 0.1) is 5.41 Å². The smallest absolute Gasteiger partial charge is 0.252 e. The third-order valence-electron chi connectivity index (χ3n) is 2.79. The Bertz CT molecular complexity index is 401. The van der Waals surface area contributed by atoms with E-state index < -0.39 is 11.5 Å². The fourth-order valence-corrected chi connectivity index (χ4v) is 1.32. The lowest BCUT2D eigenvalue weighted by Gasteiger charge is -2.26. The van der Waals surface area contributed by atoms with Crippen LogP contribution in [0.1, 0.15) is 19.4 Å². The molecule has 1 unspecified atom stereocenters. The summed E-state index contributed by atoms with van der Waals surface area (Å²) in [5.41, 5.74) is 2.32. The normalized spacial score (nSPS) is 12.8. The Kier molecular flexibility index (Phi) is 5.07. The molecular formula is C14H19NO3. The minimum absolute atomic E-state index is 0.285. The summed E-state index contributed by atoms with van der Waals surface area (Å²) >= 11 is 0. The van der Waals surface area contributed by atoms with Crippen LogP contribution in [-0.4, -0.2) is 17.1 Å². The van der Waals surface area contributed by atoms with Crippen LogP contribution in [0.2, 0.25) is 0 Å². The molecule has 4 nitrogen and oxygen atoms in total. The van der Waals surface area contributed by atoms with Crippen LogP contribution >= 0.6 is 0 Å². The summed E-state index contributed by atoms with van der Waals surface area (Å²) in [5.74, 6) is -0.383. The van der Waals surface area contributed by atoms with Gasteiger partial charge in [0, 0.05) is 0 Å². The second-order valence-electron chi connectivity index (χ2n) is 4.61. The summed E-state index contributed by atoms with van der Waals surface area (Å²) in [7, 11) is 0. The topological polar surface area (TPSA) is 58.6 Å². The molecule has 0 heterocycles. The lowest BCUT2D eigenvalue weighted by atomic mass is 9.86. The maximum atomic E-state index is 11.8. The second-order valence-corrected chi connectivity index (χ2v) is 4.61. The predicted molar refractivity (Wildman–Crippen MR) is 69.4 cm³/mol. The number of amides is 1. The van der Waals surface area contributed by atoms with E-state index in [2.05, 4.69) is 12.1 Å². The van der Waals surface area contributed by atoms with Crippen molar-refractivity contribution in [2.24, 2.45) is 5.41 Å². The van der Waals surface area contributed by atoms with Gasteiger partial charge in [-0.3, -0.25) is 9.63 Å². The van der Waals surface area contributed by atoms with Crippen LogP contribution in [0.15, 0.2) is 43.0 Å². The first-order chi connectivity index (χ1) is 8.48. The number of aliphatic hydroxyl groups excluding tert-OH is 1. The standard InChI is InChI=1S/C14H19NO3/c1-4-12(16)14(2,3)13(17)15-18-10-11-8-6-5-7-9-11/h4-9,12,16H,1,10H2,2-3H3,(H,15,17). The van der Waals surface area contributed by atoms with Crippen molar-refractivity contribution in [2.75, 3.05) is 0 Å². The van der Waals surface area contributed by atoms with Crippen LogP contribution in [0.3, 0.4) is 0 Å². The summed E-state index contributed by atoms with van der Waals surface area (Å²) in [4.78, 5) is 16.9. The Balaban J connectivity index is 2.44. The van der Waals surface area contributed by atoms with Gasteiger partial charge in [0.2, 0.25) is 0 Å². The number of hydrogen-bond acceptors (Lipinski definition) is 3. The average Bonchev–Trinajstić information content (AvgIpc) is 2.38. The Labute approximate surface area is 107 Å². The Hall–Kier alpha value is -1.65. The molecule has 2 N–H and O–H groups in total. The molecule has 0 bridgehead atoms. The first-order valence-corrected chi connectivity index (χ1v) is 5.75. The molecule has 1 aromatic carbocycles.